The molecule has 118 valence electrons. The maximum absolute atomic E-state index is 3.52. The molecule has 0 saturated carbocycles. The van der Waals surface area contributed by atoms with Gasteiger partial charge in [0.25, 0.3) is 0 Å². The number of nitrogens with zero attached hydrogens (tertiary/aromatic N) is 1. The molecule has 0 radical (unpaired) electrons. The molecule has 1 heterocycles. The summed E-state index contributed by atoms with van der Waals surface area (Å²) in [6, 6.07) is 9.00. The Morgan fingerprint density at radius 1 is 1.19 bits per heavy atom. The number of thioether (sulfide) groups is 1. The van der Waals surface area contributed by atoms with Gasteiger partial charge in [0, 0.05) is 23.7 Å². The lowest BCUT2D eigenvalue weighted by molar-refractivity contribution is 0.242. The molecular formula is C18H30N2S. The van der Waals surface area contributed by atoms with Crippen molar-refractivity contribution in [3.8, 4) is 0 Å². The third-order valence-corrected chi connectivity index (χ3v) is 4.88. The molecule has 21 heavy (non-hydrogen) atoms. The number of rotatable bonds is 8. The van der Waals surface area contributed by atoms with E-state index in [4.69, 9.17) is 0 Å². The number of benzene rings is 1. The highest BCUT2D eigenvalue weighted by atomic mass is 32.2. The second-order valence-electron chi connectivity index (χ2n) is 6.42. The molecule has 3 heteroatoms. The van der Waals surface area contributed by atoms with Gasteiger partial charge in [-0.15, -0.1) is 11.8 Å². The fourth-order valence-corrected chi connectivity index (χ4v) is 3.72. The summed E-state index contributed by atoms with van der Waals surface area (Å²) in [7, 11) is 0. The smallest absolute Gasteiger partial charge is 0.0206 e. The maximum atomic E-state index is 3.52. The predicted octanol–water partition coefficient (Wildman–Crippen LogP) is 4.01. The SMILES string of the molecule is CC(C)CNCc1cccc(SCCN2CCCCC2)c1. The lowest BCUT2D eigenvalue weighted by atomic mass is 10.1. The van der Waals surface area contributed by atoms with Gasteiger partial charge in [0.1, 0.15) is 0 Å². The summed E-state index contributed by atoms with van der Waals surface area (Å²) in [5.41, 5.74) is 1.40. The average Bonchev–Trinajstić information content (AvgIpc) is 2.48. The lowest BCUT2D eigenvalue weighted by Crippen LogP contribution is -2.31. The molecule has 1 aromatic rings. The molecule has 0 aliphatic carbocycles. The second-order valence-corrected chi connectivity index (χ2v) is 7.59. The van der Waals surface area contributed by atoms with Gasteiger partial charge in [-0.25, -0.2) is 0 Å². The monoisotopic (exact) mass is 306 g/mol. The topological polar surface area (TPSA) is 15.3 Å². The first-order valence-corrected chi connectivity index (χ1v) is 9.37. The van der Waals surface area contributed by atoms with Gasteiger partial charge in [0.2, 0.25) is 0 Å². The standard InChI is InChI=1S/C18H30N2S/c1-16(2)14-19-15-17-7-6-8-18(13-17)21-12-11-20-9-4-3-5-10-20/h6-8,13,16,19H,3-5,9-12,14-15H2,1-2H3. The van der Waals surface area contributed by atoms with Crippen molar-refractivity contribution in [3.63, 3.8) is 0 Å². The Morgan fingerprint density at radius 3 is 2.76 bits per heavy atom. The van der Waals surface area contributed by atoms with E-state index in [9.17, 15) is 0 Å². The van der Waals surface area contributed by atoms with Gasteiger partial charge in [-0.2, -0.15) is 0 Å². The number of nitrogens with one attached hydrogen (secondary N) is 1. The highest BCUT2D eigenvalue weighted by Gasteiger charge is 2.09. The molecule has 1 aliphatic rings. The van der Waals surface area contributed by atoms with Crippen molar-refractivity contribution in [2.75, 3.05) is 31.9 Å². The molecule has 1 saturated heterocycles. The molecule has 2 nitrogen and oxygen atoms in total. The van der Waals surface area contributed by atoms with Crippen LogP contribution in [0.15, 0.2) is 29.2 Å². The fraction of sp³-hybridized carbons (Fsp3) is 0.667. The summed E-state index contributed by atoms with van der Waals surface area (Å²) in [6.07, 6.45) is 4.21. The van der Waals surface area contributed by atoms with E-state index in [0.29, 0.717) is 5.92 Å². The average molecular weight is 307 g/mol. The fourth-order valence-electron chi connectivity index (χ4n) is 2.73. The summed E-state index contributed by atoms with van der Waals surface area (Å²) in [6.45, 7) is 10.4. The molecule has 0 amide bonds. The Bertz CT molecular complexity index is 400. The zero-order chi connectivity index (χ0) is 14.9. The van der Waals surface area contributed by atoms with Gasteiger partial charge in [-0.05, 0) is 56.1 Å². The Labute approximate surface area is 134 Å². The minimum atomic E-state index is 0.715. The van der Waals surface area contributed by atoms with Crippen molar-refractivity contribution in [3.05, 3.63) is 29.8 Å². The van der Waals surface area contributed by atoms with Crippen LogP contribution in [-0.4, -0.2) is 36.8 Å². The van der Waals surface area contributed by atoms with Crippen LogP contribution in [-0.2, 0) is 6.54 Å². The lowest BCUT2D eigenvalue weighted by Gasteiger charge is -2.26. The number of hydrogen-bond acceptors (Lipinski definition) is 3. The second kappa shape index (κ2) is 9.50. The quantitative estimate of drug-likeness (QED) is 0.731. The van der Waals surface area contributed by atoms with Crippen LogP contribution in [0.1, 0.15) is 38.7 Å². The first kappa shape index (κ1) is 16.9. The molecule has 1 fully saturated rings. The minimum absolute atomic E-state index is 0.715. The van der Waals surface area contributed by atoms with Gasteiger partial charge < -0.3 is 10.2 Å². The van der Waals surface area contributed by atoms with Crippen molar-refractivity contribution in [1.29, 1.82) is 0 Å². The Balaban J connectivity index is 1.70. The molecule has 2 rings (SSSR count). The zero-order valence-electron chi connectivity index (χ0n) is 13.6. The Kier molecular flexibility index (Phi) is 7.62. The summed E-state index contributed by atoms with van der Waals surface area (Å²) in [5, 5.41) is 3.52. The minimum Gasteiger partial charge on any atom is -0.312 e. The van der Waals surface area contributed by atoms with E-state index in [2.05, 4.69) is 48.3 Å². The van der Waals surface area contributed by atoms with Crippen LogP contribution in [0.2, 0.25) is 0 Å². The number of hydrogen-bond donors (Lipinski definition) is 1. The summed E-state index contributed by atoms with van der Waals surface area (Å²) < 4.78 is 0. The van der Waals surface area contributed by atoms with Crippen molar-refractivity contribution in [2.45, 2.75) is 44.6 Å². The van der Waals surface area contributed by atoms with Crippen LogP contribution in [0.4, 0.5) is 0 Å². The summed E-state index contributed by atoms with van der Waals surface area (Å²) >= 11 is 2.00. The van der Waals surface area contributed by atoms with Crippen molar-refractivity contribution >= 4 is 11.8 Å². The van der Waals surface area contributed by atoms with Gasteiger partial charge in [-0.3, -0.25) is 0 Å². The molecule has 0 atom stereocenters. The van der Waals surface area contributed by atoms with Gasteiger partial charge >= 0.3 is 0 Å². The maximum Gasteiger partial charge on any atom is 0.0206 e. The van der Waals surface area contributed by atoms with Gasteiger partial charge in [0.05, 0.1) is 0 Å². The van der Waals surface area contributed by atoms with E-state index in [1.807, 2.05) is 11.8 Å². The van der Waals surface area contributed by atoms with E-state index in [0.717, 1.165) is 13.1 Å². The molecule has 1 N–H and O–H groups in total. The van der Waals surface area contributed by atoms with E-state index < -0.39 is 0 Å². The Hall–Kier alpha value is -0.510. The van der Waals surface area contributed by atoms with E-state index in [1.54, 1.807) is 0 Å². The number of likely N-dealkylation sites (tertiary alicyclic amines) is 1. The zero-order valence-corrected chi connectivity index (χ0v) is 14.4. The van der Waals surface area contributed by atoms with E-state index in [-0.39, 0.29) is 0 Å². The first-order chi connectivity index (χ1) is 10.2. The van der Waals surface area contributed by atoms with Crippen LogP contribution >= 0.6 is 11.8 Å². The summed E-state index contributed by atoms with van der Waals surface area (Å²) in [4.78, 5) is 4.03. The molecule has 0 bridgehead atoms. The highest BCUT2D eigenvalue weighted by Crippen LogP contribution is 2.20. The number of piperidine rings is 1. The molecule has 0 spiro atoms. The molecule has 1 aliphatic heterocycles. The van der Waals surface area contributed by atoms with Crippen molar-refractivity contribution < 1.29 is 0 Å². The largest absolute Gasteiger partial charge is 0.312 e. The van der Waals surface area contributed by atoms with Crippen molar-refractivity contribution in [2.24, 2.45) is 5.92 Å². The van der Waals surface area contributed by atoms with Crippen LogP contribution in [0.25, 0.3) is 0 Å². The normalized spacial score (nSPS) is 16.5. The Morgan fingerprint density at radius 2 is 2.00 bits per heavy atom. The van der Waals surface area contributed by atoms with Gasteiger partial charge in [0.15, 0.2) is 0 Å². The molecule has 1 aromatic carbocycles. The van der Waals surface area contributed by atoms with Crippen LogP contribution < -0.4 is 5.32 Å². The van der Waals surface area contributed by atoms with Crippen LogP contribution in [0.5, 0.6) is 0 Å². The predicted molar refractivity (Wildman–Crippen MR) is 94.0 cm³/mol. The van der Waals surface area contributed by atoms with Crippen LogP contribution in [0, 0.1) is 5.92 Å². The first-order valence-electron chi connectivity index (χ1n) is 8.39. The summed E-state index contributed by atoms with van der Waals surface area (Å²) in [5.74, 6) is 1.93. The van der Waals surface area contributed by atoms with E-state index >= 15 is 0 Å². The van der Waals surface area contributed by atoms with E-state index in [1.165, 1.54) is 55.1 Å². The molecule has 0 unspecified atom stereocenters. The van der Waals surface area contributed by atoms with Gasteiger partial charge in [-0.1, -0.05) is 32.4 Å². The molecule has 0 aromatic heterocycles. The third-order valence-electron chi connectivity index (χ3n) is 3.91. The third kappa shape index (κ3) is 6.86. The van der Waals surface area contributed by atoms with Crippen LogP contribution in [0.3, 0.4) is 0 Å². The van der Waals surface area contributed by atoms with Crippen molar-refractivity contribution in [1.82, 2.24) is 10.2 Å². The highest BCUT2D eigenvalue weighted by molar-refractivity contribution is 7.99. The molecular weight excluding hydrogens is 276 g/mol.